The first-order chi connectivity index (χ1) is 11.4. The molecule has 3 unspecified atom stereocenters. The van der Waals surface area contributed by atoms with Gasteiger partial charge in [0, 0.05) is 35.7 Å². The van der Waals surface area contributed by atoms with E-state index in [2.05, 4.69) is 46.0 Å². The molecule has 3 atom stereocenters. The lowest BCUT2D eigenvalue weighted by Gasteiger charge is -2.34. The molecule has 0 radical (unpaired) electrons. The number of para-hydroxylation sites is 1. The van der Waals surface area contributed by atoms with Crippen molar-refractivity contribution in [3.8, 4) is 0 Å². The van der Waals surface area contributed by atoms with Crippen LogP contribution in [0.4, 0.5) is 0 Å². The standard InChI is InChI=1S/C20H27N3/c1-2-7-18-22-12-6-5-10-17(22)20-19-15(11-13-23(18)20)14-8-3-4-9-16(14)21-19/h3-4,8-9,17-18,20-21H,2,5-7,10-13H2,1H3. The molecule has 3 heteroatoms. The van der Waals surface area contributed by atoms with Crippen LogP contribution in [0.5, 0.6) is 0 Å². The van der Waals surface area contributed by atoms with Gasteiger partial charge in [0.1, 0.15) is 0 Å². The number of aromatic nitrogens is 1. The molecular formula is C20H27N3. The average molecular weight is 309 g/mol. The van der Waals surface area contributed by atoms with E-state index in [1.807, 2.05) is 0 Å². The van der Waals surface area contributed by atoms with Gasteiger partial charge in [-0.05, 0) is 37.3 Å². The summed E-state index contributed by atoms with van der Waals surface area (Å²) in [4.78, 5) is 9.49. The van der Waals surface area contributed by atoms with Crippen molar-refractivity contribution in [3.05, 3.63) is 35.5 Å². The first kappa shape index (κ1) is 14.1. The Balaban J connectivity index is 1.63. The van der Waals surface area contributed by atoms with Gasteiger partial charge in [-0.25, -0.2) is 0 Å². The summed E-state index contributed by atoms with van der Waals surface area (Å²) in [7, 11) is 0. The summed E-state index contributed by atoms with van der Waals surface area (Å²) in [5, 5.41) is 1.46. The molecule has 122 valence electrons. The van der Waals surface area contributed by atoms with Crippen molar-refractivity contribution in [1.82, 2.24) is 14.8 Å². The molecule has 2 saturated heterocycles. The van der Waals surface area contributed by atoms with E-state index in [1.54, 1.807) is 5.56 Å². The van der Waals surface area contributed by atoms with Gasteiger partial charge in [-0.1, -0.05) is 38.0 Å². The van der Waals surface area contributed by atoms with Gasteiger partial charge in [0.15, 0.2) is 0 Å². The van der Waals surface area contributed by atoms with Crippen LogP contribution >= 0.6 is 0 Å². The Morgan fingerprint density at radius 1 is 1.13 bits per heavy atom. The van der Waals surface area contributed by atoms with Crippen molar-refractivity contribution in [2.24, 2.45) is 0 Å². The zero-order valence-corrected chi connectivity index (χ0v) is 14.1. The maximum atomic E-state index is 3.81. The third kappa shape index (κ3) is 1.96. The summed E-state index contributed by atoms with van der Waals surface area (Å²) in [6.45, 7) is 4.87. The number of nitrogens with one attached hydrogen (secondary N) is 1. The van der Waals surface area contributed by atoms with E-state index in [4.69, 9.17) is 0 Å². The molecule has 23 heavy (non-hydrogen) atoms. The minimum Gasteiger partial charge on any atom is -0.357 e. The summed E-state index contributed by atoms with van der Waals surface area (Å²) in [5.74, 6) is 0. The van der Waals surface area contributed by atoms with E-state index in [9.17, 15) is 0 Å². The van der Waals surface area contributed by atoms with Crippen LogP contribution in [0.2, 0.25) is 0 Å². The average Bonchev–Trinajstić information content (AvgIpc) is 3.12. The molecule has 0 spiro atoms. The highest BCUT2D eigenvalue weighted by molar-refractivity contribution is 5.85. The molecule has 0 aliphatic carbocycles. The molecule has 2 aromatic rings. The zero-order chi connectivity index (χ0) is 15.4. The first-order valence-corrected chi connectivity index (χ1v) is 9.49. The number of nitrogens with zero attached hydrogens (tertiary/aromatic N) is 2. The molecular weight excluding hydrogens is 282 g/mol. The second-order valence-electron chi connectivity index (χ2n) is 7.57. The Kier molecular flexibility index (Phi) is 3.27. The zero-order valence-electron chi connectivity index (χ0n) is 14.1. The maximum absolute atomic E-state index is 3.81. The van der Waals surface area contributed by atoms with E-state index in [0.717, 1.165) is 6.04 Å². The topological polar surface area (TPSA) is 22.3 Å². The summed E-state index contributed by atoms with van der Waals surface area (Å²) in [6, 6.07) is 10.2. The molecule has 4 heterocycles. The van der Waals surface area contributed by atoms with E-state index in [-0.39, 0.29) is 0 Å². The normalized spacial score (nSPS) is 31.1. The smallest absolute Gasteiger partial charge is 0.0672 e. The van der Waals surface area contributed by atoms with E-state index < -0.39 is 0 Å². The molecule has 2 fully saturated rings. The molecule has 3 nitrogen and oxygen atoms in total. The van der Waals surface area contributed by atoms with Crippen LogP contribution in [0.3, 0.4) is 0 Å². The Labute approximate surface area is 138 Å². The molecule has 1 N–H and O–H groups in total. The summed E-state index contributed by atoms with van der Waals surface area (Å²) in [5.41, 5.74) is 4.47. The third-order valence-corrected chi connectivity index (χ3v) is 6.39. The van der Waals surface area contributed by atoms with Gasteiger partial charge < -0.3 is 4.98 Å². The number of hydrogen-bond donors (Lipinski definition) is 1. The molecule has 0 amide bonds. The second-order valence-corrected chi connectivity index (χ2v) is 7.57. The summed E-state index contributed by atoms with van der Waals surface area (Å²) < 4.78 is 0. The highest BCUT2D eigenvalue weighted by Crippen LogP contribution is 2.47. The summed E-state index contributed by atoms with van der Waals surface area (Å²) >= 11 is 0. The molecule has 1 aromatic carbocycles. The van der Waals surface area contributed by atoms with Crippen molar-refractivity contribution >= 4 is 10.9 Å². The predicted molar refractivity (Wildman–Crippen MR) is 94.5 cm³/mol. The fourth-order valence-corrected chi connectivity index (χ4v) is 5.51. The van der Waals surface area contributed by atoms with Gasteiger partial charge in [-0.2, -0.15) is 0 Å². The lowest BCUT2D eigenvalue weighted by atomic mass is 9.90. The highest BCUT2D eigenvalue weighted by atomic mass is 15.5. The Hall–Kier alpha value is -1.32. The second kappa shape index (κ2) is 5.35. The number of fused-ring (bicyclic) bond motifs is 7. The van der Waals surface area contributed by atoms with E-state index >= 15 is 0 Å². The Morgan fingerprint density at radius 2 is 2.04 bits per heavy atom. The van der Waals surface area contributed by atoms with Gasteiger partial charge in [-0.15, -0.1) is 0 Å². The summed E-state index contributed by atoms with van der Waals surface area (Å²) in [6.07, 6.45) is 8.65. The number of piperidine rings is 1. The van der Waals surface area contributed by atoms with Crippen molar-refractivity contribution < 1.29 is 0 Å². The van der Waals surface area contributed by atoms with Gasteiger partial charge in [0.2, 0.25) is 0 Å². The van der Waals surface area contributed by atoms with Crippen molar-refractivity contribution in [3.63, 3.8) is 0 Å². The lowest BCUT2D eigenvalue weighted by Crippen LogP contribution is -2.43. The SMILES string of the molecule is CCCC1N2CCCCC2C2c3[nH]c4ccccc4c3CCN21. The Morgan fingerprint density at radius 3 is 2.96 bits per heavy atom. The quantitative estimate of drug-likeness (QED) is 0.903. The largest absolute Gasteiger partial charge is 0.357 e. The van der Waals surface area contributed by atoms with Crippen LogP contribution in [0.25, 0.3) is 10.9 Å². The minimum absolute atomic E-state index is 0.600. The minimum atomic E-state index is 0.600. The van der Waals surface area contributed by atoms with Crippen molar-refractivity contribution in [2.45, 2.75) is 63.7 Å². The Bertz CT molecular complexity index is 719. The van der Waals surface area contributed by atoms with E-state index in [0.29, 0.717) is 12.2 Å². The predicted octanol–water partition coefficient (Wildman–Crippen LogP) is 4.06. The van der Waals surface area contributed by atoms with Gasteiger partial charge >= 0.3 is 0 Å². The number of benzene rings is 1. The fraction of sp³-hybridized carbons (Fsp3) is 0.600. The fourth-order valence-electron chi connectivity index (χ4n) is 5.51. The van der Waals surface area contributed by atoms with Gasteiger partial charge in [0.05, 0.1) is 12.2 Å². The van der Waals surface area contributed by atoms with E-state index in [1.165, 1.54) is 68.2 Å². The maximum Gasteiger partial charge on any atom is 0.0672 e. The molecule has 3 aliphatic rings. The number of rotatable bonds is 2. The number of hydrogen-bond acceptors (Lipinski definition) is 2. The van der Waals surface area contributed by atoms with Crippen LogP contribution in [-0.2, 0) is 6.42 Å². The van der Waals surface area contributed by atoms with Gasteiger partial charge in [-0.3, -0.25) is 9.80 Å². The molecule has 5 rings (SSSR count). The van der Waals surface area contributed by atoms with Crippen LogP contribution < -0.4 is 0 Å². The third-order valence-electron chi connectivity index (χ3n) is 6.39. The van der Waals surface area contributed by atoms with Crippen LogP contribution in [-0.4, -0.2) is 40.1 Å². The molecule has 0 saturated carbocycles. The van der Waals surface area contributed by atoms with Crippen LogP contribution in [0.1, 0.15) is 56.3 Å². The number of H-pyrrole nitrogens is 1. The molecule has 0 bridgehead atoms. The van der Waals surface area contributed by atoms with Gasteiger partial charge in [0.25, 0.3) is 0 Å². The molecule has 1 aromatic heterocycles. The highest BCUT2D eigenvalue weighted by Gasteiger charge is 2.50. The van der Waals surface area contributed by atoms with Crippen molar-refractivity contribution in [2.75, 3.05) is 13.1 Å². The van der Waals surface area contributed by atoms with Crippen LogP contribution in [0, 0.1) is 0 Å². The van der Waals surface area contributed by atoms with Crippen molar-refractivity contribution in [1.29, 1.82) is 0 Å². The number of aromatic amines is 1. The lowest BCUT2D eigenvalue weighted by molar-refractivity contribution is 0.0896. The first-order valence-electron chi connectivity index (χ1n) is 9.49. The van der Waals surface area contributed by atoms with Crippen LogP contribution in [0.15, 0.2) is 24.3 Å². The monoisotopic (exact) mass is 309 g/mol. The molecule has 3 aliphatic heterocycles.